The van der Waals surface area contributed by atoms with E-state index in [1.165, 1.54) is 23.1 Å². The van der Waals surface area contributed by atoms with Gasteiger partial charge in [0.2, 0.25) is 11.0 Å². The highest BCUT2D eigenvalue weighted by atomic mass is 32.2. The SMILES string of the molecule is COc1cccc(Nc2nnc(SCC(=O)NC(c3ccccc3)c3cccs3)s2)c1. The van der Waals surface area contributed by atoms with Gasteiger partial charge in [0, 0.05) is 16.6 Å². The van der Waals surface area contributed by atoms with Crippen molar-refractivity contribution in [2.24, 2.45) is 0 Å². The van der Waals surface area contributed by atoms with Crippen molar-refractivity contribution in [1.82, 2.24) is 15.5 Å². The molecule has 9 heteroatoms. The average Bonchev–Trinajstić information content (AvgIpc) is 3.49. The number of anilines is 2. The van der Waals surface area contributed by atoms with Gasteiger partial charge in [-0.25, -0.2) is 0 Å². The summed E-state index contributed by atoms with van der Waals surface area (Å²) >= 11 is 4.41. The van der Waals surface area contributed by atoms with Gasteiger partial charge >= 0.3 is 0 Å². The van der Waals surface area contributed by atoms with Crippen LogP contribution in [0.3, 0.4) is 0 Å². The summed E-state index contributed by atoms with van der Waals surface area (Å²) in [5.41, 5.74) is 1.93. The van der Waals surface area contributed by atoms with Gasteiger partial charge in [-0.3, -0.25) is 4.79 Å². The summed E-state index contributed by atoms with van der Waals surface area (Å²) in [5.74, 6) is 0.979. The predicted molar refractivity (Wildman–Crippen MR) is 128 cm³/mol. The maximum atomic E-state index is 12.7. The van der Waals surface area contributed by atoms with E-state index in [9.17, 15) is 4.79 Å². The highest BCUT2D eigenvalue weighted by Gasteiger charge is 2.18. The number of carbonyl (C=O) groups is 1. The number of carbonyl (C=O) groups excluding carboxylic acids is 1. The van der Waals surface area contributed by atoms with E-state index in [1.807, 2.05) is 72.1 Å². The Labute approximate surface area is 192 Å². The van der Waals surface area contributed by atoms with Crippen LogP contribution in [-0.2, 0) is 4.79 Å². The molecule has 1 amide bonds. The number of amides is 1. The number of nitrogens with zero attached hydrogens (tertiary/aromatic N) is 2. The van der Waals surface area contributed by atoms with Gasteiger partial charge in [0.05, 0.1) is 18.9 Å². The molecule has 2 heterocycles. The topological polar surface area (TPSA) is 76.1 Å². The zero-order valence-electron chi connectivity index (χ0n) is 16.6. The van der Waals surface area contributed by atoms with Crippen molar-refractivity contribution in [1.29, 1.82) is 0 Å². The van der Waals surface area contributed by atoms with Crippen molar-refractivity contribution in [2.45, 2.75) is 10.4 Å². The summed E-state index contributed by atoms with van der Waals surface area (Å²) in [7, 11) is 1.63. The molecule has 1 atom stereocenters. The van der Waals surface area contributed by atoms with Crippen LogP contribution in [0.5, 0.6) is 5.75 Å². The minimum Gasteiger partial charge on any atom is -0.497 e. The molecule has 0 fully saturated rings. The summed E-state index contributed by atoms with van der Waals surface area (Å²) in [5, 5.41) is 17.4. The molecule has 0 bridgehead atoms. The lowest BCUT2D eigenvalue weighted by molar-refractivity contribution is -0.119. The molecule has 6 nitrogen and oxygen atoms in total. The van der Waals surface area contributed by atoms with Gasteiger partial charge < -0.3 is 15.4 Å². The summed E-state index contributed by atoms with van der Waals surface area (Å²) in [6.07, 6.45) is 0. The number of aromatic nitrogens is 2. The lowest BCUT2D eigenvalue weighted by Gasteiger charge is -2.17. The molecular formula is C22H20N4O2S3. The van der Waals surface area contributed by atoms with Crippen molar-refractivity contribution < 1.29 is 9.53 Å². The van der Waals surface area contributed by atoms with Gasteiger partial charge in [-0.1, -0.05) is 65.6 Å². The Morgan fingerprint density at radius 3 is 2.74 bits per heavy atom. The molecule has 0 aliphatic heterocycles. The second kappa shape index (κ2) is 10.4. The quantitative estimate of drug-likeness (QED) is 0.323. The number of nitrogens with one attached hydrogen (secondary N) is 2. The zero-order chi connectivity index (χ0) is 21.5. The normalized spacial score (nSPS) is 11.6. The number of rotatable bonds is 9. The fraction of sp³-hybridized carbons (Fsp3) is 0.136. The fourth-order valence-corrected chi connectivity index (χ4v) is 5.28. The van der Waals surface area contributed by atoms with Crippen LogP contribution in [0.25, 0.3) is 0 Å². The summed E-state index contributed by atoms with van der Waals surface area (Å²) in [6.45, 7) is 0. The number of thioether (sulfide) groups is 1. The third-order valence-electron chi connectivity index (χ3n) is 4.32. The Morgan fingerprint density at radius 1 is 1.10 bits per heavy atom. The molecule has 0 spiro atoms. The van der Waals surface area contributed by atoms with E-state index in [0.717, 1.165) is 26.2 Å². The van der Waals surface area contributed by atoms with E-state index >= 15 is 0 Å². The van der Waals surface area contributed by atoms with Crippen LogP contribution < -0.4 is 15.4 Å². The molecule has 1 unspecified atom stereocenters. The minimum absolute atomic E-state index is 0.0512. The predicted octanol–water partition coefficient (Wildman–Crippen LogP) is 5.35. The maximum Gasteiger partial charge on any atom is 0.231 e. The van der Waals surface area contributed by atoms with Crippen molar-refractivity contribution in [2.75, 3.05) is 18.2 Å². The first-order valence-corrected chi connectivity index (χ1v) is 12.1. The van der Waals surface area contributed by atoms with Crippen LogP contribution in [0.15, 0.2) is 76.4 Å². The molecule has 0 aliphatic carbocycles. The summed E-state index contributed by atoms with van der Waals surface area (Å²) in [6, 6.07) is 21.5. The molecule has 2 aromatic carbocycles. The van der Waals surface area contributed by atoms with Crippen molar-refractivity contribution in [3.63, 3.8) is 0 Å². The second-order valence-electron chi connectivity index (χ2n) is 6.45. The largest absolute Gasteiger partial charge is 0.497 e. The Bertz CT molecular complexity index is 1120. The van der Waals surface area contributed by atoms with E-state index < -0.39 is 0 Å². The second-order valence-corrected chi connectivity index (χ2v) is 9.62. The van der Waals surface area contributed by atoms with Crippen LogP contribution in [0.2, 0.25) is 0 Å². The third-order valence-corrected chi connectivity index (χ3v) is 7.23. The van der Waals surface area contributed by atoms with Crippen molar-refractivity contribution >= 4 is 51.2 Å². The molecule has 0 aliphatic rings. The van der Waals surface area contributed by atoms with Gasteiger partial charge in [0.1, 0.15) is 5.75 Å². The summed E-state index contributed by atoms with van der Waals surface area (Å²) < 4.78 is 5.96. The van der Waals surface area contributed by atoms with Crippen LogP contribution in [0.4, 0.5) is 10.8 Å². The van der Waals surface area contributed by atoms with Crippen LogP contribution in [-0.4, -0.2) is 29.0 Å². The van der Waals surface area contributed by atoms with Crippen LogP contribution >= 0.6 is 34.4 Å². The number of hydrogen-bond donors (Lipinski definition) is 2. The van der Waals surface area contributed by atoms with Crippen LogP contribution in [0.1, 0.15) is 16.5 Å². The molecule has 158 valence electrons. The molecule has 0 saturated carbocycles. The number of ether oxygens (including phenoxy) is 1. The lowest BCUT2D eigenvalue weighted by Crippen LogP contribution is -2.30. The minimum atomic E-state index is -0.158. The van der Waals surface area contributed by atoms with E-state index in [2.05, 4.69) is 20.8 Å². The molecule has 4 aromatic rings. The monoisotopic (exact) mass is 468 g/mol. The van der Waals surface area contributed by atoms with E-state index in [4.69, 9.17) is 4.74 Å². The Balaban J connectivity index is 1.35. The lowest BCUT2D eigenvalue weighted by atomic mass is 10.1. The van der Waals surface area contributed by atoms with Gasteiger partial charge in [-0.05, 0) is 29.1 Å². The highest BCUT2D eigenvalue weighted by molar-refractivity contribution is 8.01. The smallest absolute Gasteiger partial charge is 0.231 e. The number of benzene rings is 2. The first-order chi connectivity index (χ1) is 15.2. The average molecular weight is 469 g/mol. The first kappa shape index (κ1) is 21.4. The van der Waals surface area contributed by atoms with E-state index in [1.54, 1.807) is 18.4 Å². The number of methoxy groups -OCH3 is 1. The molecule has 31 heavy (non-hydrogen) atoms. The molecule has 4 rings (SSSR count). The fourth-order valence-electron chi connectivity index (χ4n) is 2.89. The number of thiophene rings is 1. The van der Waals surface area contributed by atoms with E-state index in [0.29, 0.717) is 5.13 Å². The van der Waals surface area contributed by atoms with Gasteiger partial charge in [-0.2, -0.15) is 0 Å². The Kier molecular flexibility index (Phi) is 7.18. The Morgan fingerprint density at radius 2 is 1.97 bits per heavy atom. The standard InChI is InChI=1S/C22H20N4O2S3/c1-28-17-10-5-9-16(13-17)23-21-25-26-22(31-21)30-14-19(27)24-20(18-11-6-12-29-18)15-7-3-2-4-8-15/h2-13,20H,14H2,1H3,(H,23,25)(H,24,27). The number of hydrogen-bond acceptors (Lipinski definition) is 8. The third kappa shape index (κ3) is 5.84. The maximum absolute atomic E-state index is 12.7. The van der Waals surface area contributed by atoms with E-state index in [-0.39, 0.29) is 17.7 Å². The van der Waals surface area contributed by atoms with Gasteiger partial charge in [0.15, 0.2) is 4.34 Å². The van der Waals surface area contributed by atoms with Crippen LogP contribution in [0, 0.1) is 0 Å². The first-order valence-electron chi connectivity index (χ1n) is 9.46. The molecular weight excluding hydrogens is 448 g/mol. The Hall–Kier alpha value is -2.88. The molecule has 2 N–H and O–H groups in total. The molecule has 2 aromatic heterocycles. The highest BCUT2D eigenvalue weighted by Crippen LogP contribution is 2.30. The zero-order valence-corrected chi connectivity index (χ0v) is 19.1. The van der Waals surface area contributed by atoms with Gasteiger partial charge in [-0.15, -0.1) is 21.5 Å². The molecule has 0 saturated heterocycles. The van der Waals surface area contributed by atoms with Gasteiger partial charge in [0.25, 0.3) is 0 Å². The molecule has 0 radical (unpaired) electrons. The van der Waals surface area contributed by atoms with Crippen molar-refractivity contribution in [3.05, 3.63) is 82.6 Å². The van der Waals surface area contributed by atoms with Crippen molar-refractivity contribution in [3.8, 4) is 5.75 Å². The summed E-state index contributed by atoms with van der Waals surface area (Å²) in [4.78, 5) is 13.8.